The summed E-state index contributed by atoms with van der Waals surface area (Å²) in [6, 6.07) is 3.08. The van der Waals surface area contributed by atoms with Gasteiger partial charge in [0.2, 0.25) is 0 Å². The maximum absolute atomic E-state index is 13.9. The SMILES string of the molecule is C=C(Cl)Cn1cc(-c2cnc3c(Nc4ccc(C(=O)NCCOCCN)c(CC)c4OC=O)nccn23)c(C(F)(F)F)n1. The van der Waals surface area contributed by atoms with Crippen LogP contribution >= 0.6 is 11.6 Å². The fraction of sp³-hybridized carbons (Fsp3) is 0.296. The van der Waals surface area contributed by atoms with Gasteiger partial charge < -0.3 is 25.8 Å². The van der Waals surface area contributed by atoms with E-state index < -0.39 is 17.8 Å². The Bertz CT molecular complexity index is 1640. The maximum atomic E-state index is 13.9. The zero-order valence-electron chi connectivity index (χ0n) is 22.9. The smallest absolute Gasteiger partial charge is 0.426 e. The number of anilines is 2. The Hall–Kier alpha value is -4.47. The van der Waals surface area contributed by atoms with Crippen molar-refractivity contribution < 1.29 is 32.2 Å². The molecule has 0 fully saturated rings. The van der Waals surface area contributed by atoms with E-state index in [1.54, 1.807) is 13.0 Å². The first-order chi connectivity index (χ1) is 20.6. The molecule has 4 aromatic rings. The molecule has 0 saturated heterocycles. The highest BCUT2D eigenvalue weighted by Gasteiger charge is 2.38. The highest BCUT2D eigenvalue weighted by Crippen LogP contribution is 2.38. The van der Waals surface area contributed by atoms with Crippen molar-refractivity contribution in [2.75, 3.05) is 31.6 Å². The molecule has 1 amide bonds. The summed E-state index contributed by atoms with van der Waals surface area (Å²) < 4.78 is 54.7. The van der Waals surface area contributed by atoms with Crippen LogP contribution in [0.25, 0.3) is 16.9 Å². The summed E-state index contributed by atoms with van der Waals surface area (Å²) in [5.74, 6) is -0.162. The number of hydrogen-bond acceptors (Lipinski definition) is 9. The third kappa shape index (κ3) is 7.13. The van der Waals surface area contributed by atoms with Crippen LogP contribution in [-0.2, 0) is 28.7 Å². The van der Waals surface area contributed by atoms with Gasteiger partial charge in [-0.1, -0.05) is 25.1 Å². The van der Waals surface area contributed by atoms with E-state index in [1.165, 1.54) is 35.3 Å². The molecule has 3 aromatic heterocycles. The molecule has 1 aromatic carbocycles. The second kappa shape index (κ2) is 13.7. The second-order valence-electron chi connectivity index (χ2n) is 9.03. The monoisotopic (exact) mass is 620 g/mol. The predicted molar refractivity (Wildman–Crippen MR) is 152 cm³/mol. The van der Waals surface area contributed by atoms with Crippen molar-refractivity contribution in [1.82, 2.24) is 29.5 Å². The van der Waals surface area contributed by atoms with Gasteiger partial charge in [0.1, 0.15) is 0 Å². The van der Waals surface area contributed by atoms with Crippen LogP contribution < -0.4 is 21.1 Å². The maximum Gasteiger partial charge on any atom is 0.435 e. The summed E-state index contributed by atoms with van der Waals surface area (Å²) in [6.07, 6.45) is 0.870. The summed E-state index contributed by atoms with van der Waals surface area (Å²) in [7, 11) is 0. The molecule has 4 rings (SSSR count). The molecule has 0 aliphatic rings. The van der Waals surface area contributed by atoms with Crippen LogP contribution in [0.2, 0.25) is 0 Å². The van der Waals surface area contributed by atoms with E-state index >= 15 is 0 Å². The number of hydrogen-bond donors (Lipinski definition) is 3. The molecule has 0 bridgehead atoms. The minimum absolute atomic E-state index is 0.0852. The van der Waals surface area contributed by atoms with E-state index in [4.69, 9.17) is 26.8 Å². The van der Waals surface area contributed by atoms with E-state index in [0.717, 1.165) is 4.68 Å². The third-order valence-electron chi connectivity index (χ3n) is 6.14. The van der Waals surface area contributed by atoms with Crippen molar-refractivity contribution in [3.63, 3.8) is 0 Å². The number of fused-ring (bicyclic) bond motifs is 1. The molecule has 16 heteroatoms. The molecule has 228 valence electrons. The number of amides is 1. The molecule has 12 nitrogen and oxygen atoms in total. The number of carbonyl (C=O) groups is 2. The number of nitrogens with one attached hydrogen (secondary N) is 2. The molecule has 3 heterocycles. The Balaban J connectivity index is 1.70. The van der Waals surface area contributed by atoms with Crippen molar-refractivity contribution in [2.45, 2.75) is 26.1 Å². The van der Waals surface area contributed by atoms with Gasteiger partial charge in [0.05, 0.1) is 42.9 Å². The van der Waals surface area contributed by atoms with Crippen molar-refractivity contribution in [2.24, 2.45) is 5.73 Å². The second-order valence-corrected chi connectivity index (χ2v) is 9.57. The summed E-state index contributed by atoms with van der Waals surface area (Å²) in [4.78, 5) is 32.9. The van der Waals surface area contributed by atoms with Crippen LogP contribution in [0.5, 0.6) is 5.75 Å². The largest absolute Gasteiger partial charge is 0.435 e. The number of alkyl halides is 3. The highest BCUT2D eigenvalue weighted by molar-refractivity contribution is 6.29. The first-order valence-electron chi connectivity index (χ1n) is 13.0. The first-order valence-corrected chi connectivity index (χ1v) is 13.4. The van der Waals surface area contributed by atoms with Crippen molar-refractivity contribution in [1.29, 1.82) is 0 Å². The molecule has 0 saturated carbocycles. The Morgan fingerprint density at radius 3 is 2.72 bits per heavy atom. The van der Waals surface area contributed by atoms with Gasteiger partial charge in [-0.3, -0.25) is 18.7 Å². The first kappa shape index (κ1) is 31.5. The van der Waals surface area contributed by atoms with Gasteiger partial charge in [0, 0.05) is 47.8 Å². The third-order valence-corrected chi connectivity index (χ3v) is 6.26. The molecule has 0 radical (unpaired) electrons. The number of nitrogens with zero attached hydrogens (tertiary/aromatic N) is 5. The number of nitrogens with two attached hydrogens (primary N) is 1. The summed E-state index contributed by atoms with van der Waals surface area (Å²) in [5.41, 5.74) is 5.32. The van der Waals surface area contributed by atoms with Crippen molar-refractivity contribution in [3.05, 3.63) is 65.4 Å². The van der Waals surface area contributed by atoms with Crippen LogP contribution in [0, 0.1) is 0 Å². The Morgan fingerprint density at radius 1 is 1.26 bits per heavy atom. The Morgan fingerprint density at radius 2 is 2.05 bits per heavy atom. The molecule has 4 N–H and O–H groups in total. The van der Waals surface area contributed by atoms with Crippen molar-refractivity contribution in [3.8, 4) is 17.0 Å². The lowest BCUT2D eigenvalue weighted by atomic mass is 10.0. The van der Waals surface area contributed by atoms with E-state index in [-0.39, 0.29) is 70.9 Å². The van der Waals surface area contributed by atoms with Gasteiger partial charge in [0.25, 0.3) is 12.4 Å². The Kier molecular flexibility index (Phi) is 10.0. The average Bonchev–Trinajstić information content (AvgIpc) is 3.58. The minimum Gasteiger partial charge on any atom is -0.426 e. The number of aromatic nitrogens is 5. The summed E-state index contributed by atoms with van der Waals surface area (Å²) in [6.45, 7) is 6.66. The average molecular weight is 621 g/mol. The lowest BCUT2D eigenvalue weighted by Gasteiger charge is -2.17. The molecule has 0 unspecified atom stereocenters. The van der Waals surface area contributed by atoms with Gasteiger partial charge in [0.15, 0.2) is 22.9 Å². The van der Waals surface area contributed by atoms with Gasteiger partial charge in [-0.2, -0.15) is 18.3 Å². The van der Waals surface area contributed by atoms with E-state index in [2.05, 4.69) is 32.3 Å². The summed E-state index contributed by atoms with van der Waals surface area (Å²) >= 11 is 5.79. The number of ether oxygens (including phenoxy) is 2. The van der Waals surface area contributed by atoms with Crippen LogP contribution in [0.15, 0.2) is 48.5 Å². The van der Waals surface area contributed by atoms with Gasteiger partial charge in [-0.25, -0.2) is 9.97 Å². The predicted octanol–water partition coefficient (Wildman–Crippen LogP) is 3.91. The zero-order valence-corrected chi connectivity index (χ0v) is 23.7. The molecule has 43 heavy (non-hydrogen) atoms. The molecule has 0 atom stereocenters. The number of imidazole rings is 1. The van der Waals surface area contributed by atoms with Crippen LogP contribution in [0.3, 0.4) is 0 Å². The quantitative estimate of drug-likeness (QED) is 0.141. The lowest BCUT2D eigenvalue weighted by Crippen LogP contribution is -2.29. The normalized spacial score (nSPS) is 11.5. The lowest BCUT2D eigenvalue weighted by molar-refractivity contribution is -0.141. The molecule has 0 spiro atoms. The van der Waals surface area contributed by atoms with E-state index in [9.17, 15) is 22.8 Å². The number of benzene rings is 1. The summed E-state index contributed by atoms with van der Waals surface area (Å²) in [5, 5.41) is 9.55. The highest BCUT2D eigenvalue weighted by atomic mass is 35.5. The van der Waals surface area contributed by atoms with Gasteiger partial charge in [-0.05, 0) is 18.6 Å². The zero-order chi connectivity index (χ0) is 31.1. The fourth-order valence-electron chi connectivity index (χ4n) is 4.40. The standard InChI is InChI=1S/C27H28ClF3N8O4/c1-3-17-18(26(41)34-8-11-42-10-6-32)4-5-20(22(17)43-15-40)36-24-25-35-12-21(39(25)9-7-33-24)19-14-38(13-16(2)28)37-23(19)27(29,30)31/h4-5,7,9,12,14-15H,2-3,6,8,10-11,13,32H2,1H3,(H,33,36)(H,34,41). The molecular weight excluding hydrogens is 593 g/mol. The van der Waals surface area contributed by atoms with Crippen molar-refractivity contribution >= 4 is 41.1 Å². The fourth-order valence-corrected chi connectivity index (χ4v) is 4.52. The number of allylic oxidation sites excluding steroid dienone is 1. The van der Waals surface area contributed by atoms with Crippen LogP contribution in [-0.4, -0.2) is 62.8 Å². The molecule has 0 aliphatic heterocycles. The molecular formula is C27H28ClF3N8O4. The molecule has 0 aliphatic carbocycles. The topological polar surface area (TPSA) is 151 Å². The van der Waals surface area contributed by atoms with E-state index in [1.807, 2.05) is 0 Å². The van der Waals surface area contributed by atoms with Gasteiger partial charge >= 0.3 is 6.18 Å². The number of carbonyl (C=O) groups excluding carboxylic acids is 2. The van der Waals surface area contributed by atoms with Crippen LogP contribution in [0.4, 0.5) is 24.7 Å². The minimum atomic E-state index is -4.75. The van der Waals surface area contributed by atoms with Crippen LogP contribution in [0.1, 0.15) is 28.5 Å². The van der Waals surface area contributed by atoms with Gasteiger partial charge in [-0.15, -0.1) is 0 Å². The van der Waals surface area contributed by atoms with E-state index in [0.29, 0.717) is 25.1 Å². The Labute approximate surface area is 248 Å². The number of halogens is 4. The number of rotatable bonds is 14.